The SMILES string of the molecule is Cc1ncc2c(n1)c(-c1ccc3ccccc3c1)c(-c1ccc3ccccc3c1)c1ccncc12. The third kappa shape index (κ3) is 3.17. The number of benzene rings is 5. The average molecular weight is 448 g/mol. The van der Waals surface area contributed by atoms with Crippen molar-refractivity contribution in [3.63, 3.8) is 0 Å². The molecule has 0 saturated carbocycles. The molecule has 0 aliphatic carbocycles. The lowest BCUT2D eigenvalue weighted by Gasteiger charge is -2.18. The van der Waals surface area contributed by atoms with Gasteiger partial charge in [0.1, 0.15) is 5.82 Å². The molecule has 0 unspecified atom stereocenters. The second kappa shape index (κ2) is 7.71. The number of hydrogen-bond acceptors (Lipinski definition) is 3. The van der Waals surface area contributed by atoms with E-state index in [0.29, 0.717) is 0 Å². The van der Waals surface area contributed by atoms with E-state index in [4.69, 9.17) is 4.98 Å². The van der Waals surface area contributed by atoms with E-state index in [1.165, 1.54) is 32.7 Å². The van der Waals surface area contributed by atoms with Crippen LogP contribution in [0.15, 0.2) is 110 Å². The average Bonchev–Trinajstić information content (AvgIpc) is 2.91. The molecule has 5 aromatic carbocycles. The Bertz CT molecular complexity index is 1920. The molecule has 0 aliphatic heterocycles. The van der Waals surface area contributed by atoms with E-state index in [9.17, 15) is 0 Å². The highest BCUT2D eigenvalue weighted by atomic mass is 14.9. The zero-order chi connectivity index (χ0) is 23.4. The Labute approximate surface area is 202 Å². The van der Waals surface area contributed by atoms with Crippen molar-refractivity contribution in [1.82, 2.24) is 15.0 Å². The first-order valence-corrected chi connectivity index (χ1v) is 11.8. The number of hydrogen-bond donors (Lipinski definition) is 0. The largest absolute Gasteiger partial charge is 0.264 e. The molecule has 2 heterocycles. The zero-order valence-electron chi connectivity index (χ0n) is 19.2. The smallest absolute Gasteiger partial charge is 0.125 e. The highest BCUT2D eigenvalue weighted by Gasteiger charge is 2.19. The molecule has 7 rings (SSSR count). The first-order chi connectivity index (χ1) is 17.3. The van der Waals surface area contributed by atoms with Crippen molar-refractivity contribution in [2.45, 2.75) is 6.92 Å². The summed E-state index contributed by atoms with van der Waals surface area (Å²) in [4.78, 5) is 14.0. The van der Waals surface area contributed by atoms with E-state index in [1.54, 1.807) is 0 Å². The molecule has 3 heteroatoms. The van der Waals surface area contributed by atoms with Crippen molar-refractivity contribution in [3.8, 4) is 22.3 Å². The molecule has 0 atom stereocenters. The number of aromatic nitrogens is 3. The summed E-state index contributed by atoms with van der Waals surface area (Å²) in [5, 5.41) is 8.12. The lowest BCUT2D eigenvalue weighted by atomic mass is 9.86. The monoisotopic (exact) mass is 447 g/mol. The Hall–Kier alpha value is -4.63. The molecule has 3 nitrogen and oxygen atoms in total. The molecule has 35 heavy (non-hydrogen) atoms. The molecule has 0 saturated heterocycles. The predicted molar refractivity (Wildman–Crippen MR) is 145 cm³/mol. The number of rotatable bonds is 2. The van der Waals surface area contributed by atoms with Crippen LogP contribution in [0.2, 0.25) is 0 Å². The second-order valence-corrected chi connectivity index (χ2v) is 8.97. The third-order valence-corrected chi connectivity index (χ3v) is 6.85. The predicted octanol–water partition coefficient (Wildman–Crippen LogP) is 8.13. The first kappa shape index (κ1) is 19.8. The van der Waals surface area contributed by atoms with Gasteiger partial charge in [-0.1, -0.05) is 72.8 Å². The molecule has 164 valence electrons. The zero-order valence-corrected chi connectivity index (χ0v) is 19.2. The van der Waals surface area contributed by atoms with Crippen molar-refractivity contribution >= 4 is 43.2 Å². The minimum absolute atomic E-state index is 0.757. The van der Waals surface area contributed by atoms with Gasteiger partial charge in [0.15, 0.2) is 0 Å². The van der Waals surface area contributed by atoms with Crippen LogP contribution in [0.4, 0.5) is 0 Å². The van der Waals surface area contributed by atoms with E-state index in [2.05, 4.69) is 101 Å². The van der Waals surface area contributed by atoms with Gasteiger partial charge in [-0.25, -0.2) is 9.97 Å². The van der Waals surface area contributed by atoms with Crippen molar-refractivity contribution in [2.24, 2.45) is 0 Å². The molecule has 0 bridgehead atoms. The first-order valence-electron chi connectivity index (χ1n) is 11.8. The van der Waals surface area contributed by atoms with Gasteiger partial charge in [-0.2, -0.15) is 0 Å². The molecule has 0 radical (unpaired) electrons. The van der Waals surface area contributed by atoms with Crippen LogP contribution in [0, 0.1) is 6.92 Å². The maximum absolute atomic E-state index is 4.99. The van der Waals surface area contributed by atoms with Gasteiger partial charge in [0.05, 0.1) is 5.52 Å². The van der Waals surface area contributed by atoms with Gasteiger partial charge < -0.3 is 0 Å². The Balaban J connectivity index is 1.68. The van der Waals surface area contributed by atoms with E-state index in [-0.39, 0.29) is 0 Å². The molecule has 0 amide bonds. The Morgan fingerprint density at radius 3 is 1.86 bits per heavy atom. The van der Waals surface area contributed by atoms with Crippen LogP contribution in [-0.4, -0.2) is 15.0 Å². The highest BCUT2D eigenvalue weighted by molar-refractivity contribution is 6.20. The Morgan fingerprint density at radius 1 is 0.543 bits per heavy atom. The maximum atomic E-state index is 4.99. The summed E-state index contributed by atoms with van der Waals surface area (Å²) in [5.41, 5.74) is 5.57. The maximum Gasteiger partial charge on any atom is 0.125 e. The van der Waals surface area contributed by atoms with Crippen LogP contribution in [-0.2, 0) is 0 Å². The van der Waals surface area contributed by atoms with E-state index < -0.39 is 0 Å². The van der Waals surface area contributed by atoms with Crippen LogP contribution in [0.3, 0.4) is 0 Å². The summed E-state index contributed by atoms with van der Waals surface area (Å²) in [7, 11) is 0. The minimum atomic E-state index is 0.757. The van der Waals surface area contributed by atoms with Crippen molar-refractivity contribution in [1.29, 1.82) is 0 Å². The van der Waals surface area contributed by atoms with E-state index in [0.717, 1.165) is 38.6 Å². The fourth-order valence-electron chi connectivity index (χ4n) is 5.21. The van der Waals surface area contributed by atoms with Crippen LogP contribution in [0.25, 0.3) is 65.5 Å². The van der Waals surface area contributed by atoms with Gasteiger partial charge in [-0.05, 0) is 68.7 Å². The number of nitrogens with zero attached hydrogens (tertiary/aromatic N) is 3. The van der Waals surface area contributed by atoms with E-state index >= 15 is 0 Å². The summed E-state index contributed by atoms with van der Waals surface area (Å²) in [5.74, 6) is 0.757. The van der Waals surface area contributed by atoms with Gasteiger partial charge >= 0.3 is 0 Å². The second-order valence-electron chi connectivity index (χ2n) is 8.97. The topological polar surface area (TPSA) is 38.7 Å². The van der Waals surface area contributed by atoms with E-state index in [1.807, 2.05) is 25.5 Å². The lowest BCUT2D eigenvalue weighted by molar-refractivity contribution is 1.09. The molecule has 0 spiro atoms. The highest BCUT2D eigenvalue weighted by Crippen LogP contribution is 2.44. The summed E-state index contributed by atoms with van der Waals surface area (Å²) in [6.45, 7) is 1.95. The summed E-state index contributed by atoms with van der Waals surface area (Å²) < 4.78 is 0. The van der Waals surface area contributed by atoms with Gasteiger partial charge in [0.2, 0.25) is 0 Å². The normalized spacial score (nSPS) is 11.6. The minimum Gasteiger partial charge on any atom is -0.264 e. The standard InChI is InChI=1S/C32H21N3/c1-20-34-19-29-28-18-33-15-14-27(28)30(25-12-10-21-6-2-4-8-23(21)16-25)31(32(29)35-20)26-13-11-22-7-3-5-9-24(22)17-26/h2-19H,1H3. The number of fused-ring (bicyclic) bond motifs is 5. The quantitative estimate of drug-likeness (QED) is 0.251. The molecular formula is C32H21N3. The number of pyridine rings is 1. The Morgan fingerprint density at radius 2 is 1.17 bits per heavy atom. The molecule has 2 aromatic heterocycles. The van der Waals surface area contributed by atoms with Gasteiger partial charge in [0.25, 0.3) is 0 Å². The summed E-state index contributed by atoms with van der Waals surface area (Å²) in [6, 6.07) is 32.5. The van der Waals surface area contributed by atoms with Crippen LogP contribution < -0.4 is 0 Å². The summed E-state index contributed by atoms with van der Waals surface area (Å²) >= 11 is 0. The van der Waals surface area contributed by atoms with Crippen molar-refractivity contribution < 1.29 is 0 Å². The summed E-state index contributed by atoms with van der Waals surface area (Å²) in [6.07, 6.45) is 5.75. The fourth-order valence-corrected chi connectivity index (χ4v) is 5.21. The molecule has 0 aliphatic rings. The molecular weight excluding hydrogens is 426 g/mol. The molecule has 0 N–H and O–H groups in total. The number of aryl methyl sites for hydroxylation is 1. The van der Waals surface area contributed by atoms with Crippen molar-refractivity contribution in [3.05, 3.63) is 115 Å². The molecule has 0 fully saturated rings. The van der Waals surface area contributed by atoms with Gasteiger partial charge in [-0.3, -0.25) is 4.98 Å². The lowest BCUT2D eigenvalue weighted by Crippen LogP contribution is -1.97. The van der Waals surface area contributed by atoms with Crippen LogP contribution >= 0.6 is 0 Å². The Kier molecular flexibility index (Phi) is 4.36. The fraction of sp³-hybridized carbons (Fsp3) is 0.0312. The third-order valence-electron chi connectivity index (χ3n) is 6.85. The van der Waals surface area contributed by atoms with Crippen LogP contribution in [0.1, 0.15) is 5.82 Å². The van der Waals surface area contributed by atoms with Gasteiger partial charge in [0, 0.05) is 34.9 Å². The van der Waals surface area contributed by atoms with Crippen molar-refractivity contribution in [2.75, 3.05) is 0 Å². The van der Waals surface area contributed by atoms with Gasteiger partial charge in [-0.15, -0.1) is 0 Å². The molecule has 7 aromatic rings. The van der Waals surface area contributed by atoms with Crippen LogP contribution in [0.5, 0.6) is 0 Å².